The van der Waals surface area contributed by atoms with E-state index < -0.39 is 0 Å². The molecule has 2 aromatic carbocycles. The van der Waals surface area contributed by atoms with Gasteiger partial charge < -0.3 is 19.9 Å². The van der Waals surface area contributed by atoms with Gasteiger partial charge in [-0.05, 0) is 57.4 Å². The number of anilines is 1. The number of aromatic hydroxyl groups is 1. The fourth-order valence-electron chi connectivity index (χ4n) is 3.80. The molecular formula is C27H37NO5. The molecule has 2 aromatic rings. The van der Waals surface area contributed by atoms with Gasteiger partial charge in [0.1, 0.15) is 17.2 Å². The number of phenolic OH excluding ortho intramolecular Hbond substituents is 1. The van der Waals surface area contributed by atoms with Crippen molar-refractivity contribution in [1.82, 2.24) is 0 Å². The largest absolute Gasteiger partial charge is 0.507 e. The number of phenols is 1. The van der Waals surface area contributed by atoms with Gasteiger partial charge in [0.15, 0.2) is 11.6 Å². The number of benzene rings is 2. The first kappa shape index (κ1) is 26.2. The summed E-state index contributed by atoms with van der Waals surface area (Å²) in [5, 5.41) is 13.7. The standard InChI is InChI=1S/C27H37NO5/c1-6-10-20-16-23(19(5)30)24(28-8-3)17-26(20)33-15-9-14-32-25-13-12-21(18(4)29)27(31)22(25)11-7-2/h12-13,16-17,28,31H,6-11,14-15H2,1-5H3. The van der Waals surface area contributed by atoms with Gasteiger partial charge in [0.2, 0.25) is 0 Å². The van der Waals surface area contributed by atoms with Crippen LogP contribution in [0, 0.1) is 0 Å². The average Bonchev–Trinajstić information content (AvgIpc) is 2.77. The Kier molecular flexibility index (Phi) is 10.2. The third kappa shape index (κ3) is 6.98. The maximum Gasteiger partial charge on any atom is 0.163 e. The molecule has 0 fully saturated rings. The molecule has 0 atom stereocenters. The molecule has 0 saturated carbocycles. The maximum atomic E-state index is 12.1. The van der Waals surface area contributed by atoms with Gasteiger partial charge >= 0.3 is 0 Å². The third-order valence-electron chi connectivity index (χ3n) is 5.39. The number of aryl methyl sites for hydroxylation is 1. The molecule has 2 N–H and O–H groups in total. The first-order valence-corrected chi connectivity index (χ1v) is 11.9. The van der Waals surface area contributed by atoms with E-state index in [1.165, 1.54) is 6.92 Å². The number of carbonyl (C=O) groups is 2. The lowest BCUT2D eigenvalue weighted by atomic mass is 10.0. The molecule has 0 amide bonds. The van der Waals surface area contributed by atoms with Crippen LogP contribution in [0.2, 0.25) is 0 Å². The molecule has 0 aliphatic rings. The van der Waals surface area contributed by atoms with E-state index in [0.717, 1.165) is 42.8 Å². The highest BCUT2D eigenvalue weighted by atomic mass is 16.5. The Morgan fingerprint density at radius 2 is 1.52 bits per heavy atom. The molecule has 0 aliphatic carbocycles. The zero-order valence-electron chi connectivity index (χ0n) is 20.5. The van der Waals surface area contributed by atoms with E-state index in [9.17, 15) is 14.7 Å². The number of hydrogen-bond acceptors (Lipinski definition) is 6. The van der Waals surface area contributed by atoms with Crippen LogP contribution in [0.1, 0.15) is 85.7 Å². The summed E-state index contributed by atoms with van der Waals surface area (Å²) in [6.45, 7) is 10.7. The second-order valence-electron chi connectivity index (χ2n) is 8.14. The van der Waals surface area contributed by atoms with Gasteiger partial charge in [0, 0.05) is 35.8 Å². The molecule has 6 heteroatoms. The number of ketones is 2. The molecule has 33 heavy (non-hydrogen) atoms. The second kappa shape index (κ2) is 12.9. The Hall–Kier alpha value is -3.02. The smallest absolute Gasteiger partial charge is 0.163 e. The summed E-state index contributed by atoms with van der Waals surface area (Å²) in [5.41, 5.74) is 3.50. The van der Waals surface area contributed by atoms with Crippen LogP contribution < -0.4 is 14.8 Å². The third-order valence-corrected chi connectivity index (χ3v) is 5.39. The summed E-state index contributed by atoms with van der Waals surface area (Å²) < 4.78 is 12.0. The summed E-state index contributed by atoms with van der Waals surface area (Å²) in [6.07, 6.45) is 3.91. The number of hydrogen-bond donors (Lipinski definition) is 2. The SMILES string of the molecule is CCCc1cc(C(C)=O)c(NCC)cc1OCCCOc1ccc(C(C)=O)c(O)c1CCC. The van der Waals surface area contributed by atoms with E-state index in [-0.39, 0.29) is 17.3 Å². The molecule has 0 aromatic heterocycles. The van der Waals surface area contributed by atoms with E-state index in [4.69, 9.17) is 9.47 Å². The van der Waals surface area contributed by atoms with Crippen LogP contribution >= 0.6 is 0 Å². The molecule has 0 bridgehead atoms. The summed E-state index contributed by atoms with van der Waals surface area (Å²) in [5.74, 6) is 1.27. The molecule has 180 valence electrons. The number of Topliss-reactive ketones (excluding diaryl/α,β-unsaturated/α-hetero) is 2. The molecule has 0 radical (unpaired) electrons. The highest BCUT2D eigenvalue weighted by Crippen LogP contribution is 2.33. The van der Waals surface area contributed by atoms with Crippen LogP contribution in [-0.4, -0.2) is 36.4 Å². The Morgan fingerprint density at radius 3 is 2.09 bits per heavy atom. The van der Waals surface area contributed by atoms with Crippen LogP contribution in [0.15, 0.2) is 24.3 Å². The summed E-state index contributed by atoms with van der Waals surface area (Å²) in [4.78, 5) is 23.8. The minimum absolute atomic E-state index is 0.0174. The first-order chi connectivity index (χ1) is 15.8. The molecule has 2 rings (SSSR count). The van der Waals surface area contributed by atoms with Crippen LogP contribution in [0.3, 0.4) is 0 Å². The first-order valence-electron chi connectivity index (χ1n) is 11.9. The van der Waals surface area contributed by atoms with E-state index in [2.05, 4.69) is 12.2 Å². The van der Waals surface area contributed by atoms with Crippen molar-refractivity contribution >= 4 is 17.3 Å². The van der Waals surface area contributed by atoms with Gasteiger partial charge in [-0.3, -0.25) is 9.59 Å². The summed E-state index contributed by atoms with van der Waals surface area (Å²) in [6, 6.07) is 7.22. The van der Waals surface area contributed by atoms with Crippen molar-refractivity contribution in [3.63, 3.8) is 0 Å². The van der Waals surface area contributed by atoms with Crippen LogP contribution in [-0.2, 0) is 12.8 Å². The lowest BCUT2D eigenvalue weighted by Gasteiger charge is -2.17. The zero-order valence-corrected chi connectivity index (χ0v) is 20.5. The van der Waals surface area contributed by atoms with Gasteiger partial charge in [-0.15, -0.1) is 0 Å². The number of rotatable bonds is 14. The van der Waals surface area contributed by atoms with Crippen molar-refractivity contribution in [2.45, 2.75) is 66.7 Å². The van der Waals surface area contributed by atoms with E-state index >= 15 is 0 Å². The predicted octanol–water partition coefficient (Wildman–Crippen LogP) is 5.98. The Morgan fingerprint density at radius 1 is 0.879 bits per heavy atom. The summed E-state index contributed by atoms with van der Waals surface area (Å²) in [7, 11) is 0. The second-order valence-corrected chi connectivity index (χ2v) is 8.14. The number of nitrogens with one attached hydrogen (secondary N) is 1. The Balaban J connectivity index is 2.06. The molecule has 0 saturated heterocycles. The lowest BCUT2D eigenvalue weighted by molar-refractivity contribution is 0.100. The fourth-order valence-corrected chi connectivity index (χ4v) is 3.80. The van der Waals surface area contributed by atoms with Gasteiger partial charge in [0.05, 0.1) is 18.8 Å². The topological polar surface area (TPSA) is 84.9 Å². The van der Waals surface area contributed by atoms with Crippen LogP contribution in [0.4, 0.5) is 5.69 Å². The quantitative estimate of drug-likeness (QED) is 0.269. The van der Waals surface area contributed by atoms with Gasteiger partial charge in [-0.25, -0.2) is 0 Å². The highest BCUT2D eigenvalue weighted by molar-refractivity contribution is 6.00. The summed E-state index contributed by atoms with van der Waals surface area (Å²) >= 11 is 0. The predicted molar refractivity (Wildman–Crippen MR) is 132 cm³/mol. The number of ether oxygens (including phenoxy) is 2. The molecule has 0 unspecified atom stereocenters. The van der Waals surface area contributed by atoms with E-state index in [0.29, 0.717) is 48.5 Å². The van der Waals surface area contributed by atoms with Crippen molar-refractivity contribution in [2.75, 3.05) is 25.1 Å². The minimum atomic E-state index is -0.166. The zero-order chi connectivity index (χ0) is 24.4. The molecule has 0 heterocycles. The highest BCUT2D eigenvalue weighted by Gasteiger charge is 2.16. The van der Waals surface area contributed by atoms with Gasteiger partial charge in [-0.1, -0.05) is 26.7 Å². The minimum Gasteiger partial charge on any atom is -0.507 e. The van der Waals surface area contributed by atoms with Gasteiger partial charge in [-0.2, -0.15) is 0 Å². The lowest BCUT2D eigenvalue weighted by Crippen LogP contribution is -2.10. The maximum absolute atomic E-state index is 12.1. The van der Waals surface area contributed by atoms with Crippen molar-refractivity contribution < 1.29 is 24.2 Å². The molecule has 6 nitrogen and oxygen atoms in total. The molecule has 0 spiro atoms. The molecule has 0 aliphatic heterocycles. The van der Waals surface area contributed by atoms with Crippen molar-refractivity contribution in [1.29, 1.82) is 0 Å². The van der Waals surface area contributed by atoms with Crippen molar-refractivity contribution in [3.05, 3.63) is 46.5 Å². The van der Waals surface area contributed by atoms with Crippen molar-refractivity contribution in [3.8, 4) is 17.2 Å². The normalized spacial score (nSPS) is 10.7. The molecular weight excluding hydrogens is 418 g/mol. The number of carbonyl (C=O) groups excluding carboxylic acids is 2. The van der Waals surface area contributed by atoms with Crippen LogP contribution in [0.25, 0.3) is 0 Å². The fraction of sp³-hybridized carbons (Fsp3) is 0.481. The van der Waals surface area contributed by atoms with Crippen molar-refractivity contribution in [2.24, 2.45) is 0 Å². The Labute approximate surface area is 197 Å². The average molecular weight is 456 g/mol. The van der Waals surface area contributed by atoms with E-state index in [1.807, 2.05) is 26.0 Å². The van der Waals surface area contributed by atoms with Crippen LogP contribution in [0.5, 0.6) is 17.2 Å². The van der Waals surface area contributed by atoms with Gasteiger partial charge in [0.25, 0.3) is 0 Å². The van der Waals surface area contributed by atoms with E-state index in [1.54, 1.807) is 19.1 Å². The monoisotopic (exact) mass is 455 g/mol. The Bertz CT molecular complexity index is 967.